The van der Waals surface area contributed by atoms with Gasteiger partial charge in [-0.3, -0.25) is 9.48 Å². The molecule has 0 fully saturated rings. The van der Waals surface area contributed by atoms with E-state index in [0.29, 0.717) is 22.7 Å². The number of ether oxygens (including phenoxy) is 2. The maximum Gasteiger partial charge on any atom is 0.255 e. The summed E-state index contributed by atoms with van der Waals surface area (Å²) in [5.74, 6) is 0.893. The molecule has 21 heavy (non-hydrogen) atoms. The third-order valence-corrected chi connectivity index (χ3v) is 3.30. The van der Waals surface area contributed by atoms with Crippen LogP contribution >= 0.6 is 0 Å². The van der Waals surface area contributed by atoms with E-state index in [1.807, 2.05) is 18.5 Å². The van der Waals surface area contributed by atoms with Gasteiger partial charge in [0.1, 0.15) is 0 Å². The zero-order valence-electron chi connectivity index (χ0n) is 12.6. The zero-order chi connectivity index (χ0) is 15.4. The van der Waals surface area contributed by atoms with E-state index in [4.69, 9.17) is 9.47 Å². The van der Waals surface area contributed by atoms with Gasteiger partial charge in [0.05, 0.1) is 31.8 Å². The van der Waals surface area contributed by atoms with Crippen molar-refractivity contribution < 1.29 is 14.3 Å². The standard InChI is InChI=1S/C15H19N3O3/c1-5-18-10(2)12(9-16-18)17-15(19)11-6-7-13(20-3)14(8-11)21-4/h6-9H,5H2,1-4H3,(H,17,19). The van der Waals surface area contributed by atoms with Crippen molar-refractivity contribution in [3.05, 3.63) is 35.7 Å². The highest BCUT2D eigenvalue weighted by atomic mass is 16.5. The van der Waals surface area contributed by atoms with Crippen molar-refractivity contribution in [1.29, 1.82) is 0 Å². The van der Waals surface area contributed by atoms with Crippen LogP contribution in [0.2, 0.25) is 0 Å². The summed E-state index contributed by atoms with van der Waals surface area (Å²) in [6, 6.07) is 5.04. The van der Waals surface area contributed by atoms with Gasteiger partial charge in [-0.1, -0.05) is 0 Å². The number of amides is 1. The van der Waals surface area contributed by atoms with Crippen LogP contribution in [0, 0.1) is 6.92 Å². The molecular weight excluding hydrogens is 270 g/mol. The third-order valence-electron chi connectivity index (χ3n) is 3.30. The lowest BCUT2D eigenvalue weighted by molar-refractivity contribution is 0.102. The molecule has 2 rings (SSSR count). The summed E-state index contributed by atoms with van der Waals surface area (Å²) >= 11 is 0. The van der Waals surface area contributed by atoms with Crippen molar-refractivity contribution in [2.45, 2.75) is 20.4 Å². The Hall–Kier alpha value is -2.50. The fourth-order valence-electron chi connectivity index (χ4n) is 2.06. The van der Waals surface area contributed by atoms with Gasteiger partial charge >= 0.3 is 0 Å². The van der Waals surface area contributed by atoms with Gasteiger partial charge < -0.3 is 14.8 Å². The number of nitrogens with one attached hydrogen (secondary N) is 1. The van der Waals surface area contributed by atoms with E-state index in [1.165, 1.54) is 7.11 Å². The summed E-state index contributed by atoms with van der Waals surface area (Å²) in [5.41, 5.74) is 2.12. The van der Waals surface area contributed by atoms with Crippen molar-refractivity contribution in [3.8, 4) is 11.5 Å². The van der Waals surface area contributed by atoms with Crippen molar-refractivity contribution in [1.82, 2.24) is 9.78 Å². The average molecular weight is 289 g/mol. The Kier molecular flexibility index (Phi) is 4.47. The molecule has 0 bridgehead atoms. The summed E-state index contributed by atoms with van der Waals surface area (Å²) in [7, 11) is 3.09. The van der Waals surface area contributed by atoms with Crippen LogP contribution in [0.3, 0.4) is 0 Å². The fourth-order valence-corrected chi connectivity index (χ4v) is 2.06. The second-order valence-electron chi connectivity index (χ2n) is 4.48. The number of aryl methyl sites for hydroxylation is 1. The summed E-state index contributed by atoms with van der Waals surface area (Å²) in [4.78, 5) is 12.3. The second kappa shape index (κ2) is 6.30. The predicted molar refractivity (Wildman–Crippen MR) is 80.1 cm³/mol. The van der Waals surface area contributed by atoms with Gasteiger partial charge in [0.2, 0.25) is 0 Å². The Balaban J connectivity index is 2.22. The lowest BCUT2D eigenvalue weighted by Gasteiger charge is -2.10. The molecule has 1 heterocycles. The summed E-state index contributed by atoms with van der Waals surface area (Å²) < 4.78 is 12.2. The highest BCUT2D eigenvalue weighted by Crippen LogP contribution is 2.28. The number of methoxy groups -OCH3 is 2. The first kappa shape index (κ1) is 14.9. The summed E-state index contributed by atoms with van der Waals surface area (Å²) in [6.07, 6.45) is 1.65. The number of aromatic nitrogens is 2. The molecule has 0 spiro atoms. The van der Waals surface area contributed by atoms with Crippen molar-refractivity contribution in [2.75, 3.05) is 19.5 Å². The Morgan fingerprint density at radius 2 is 2.00 bits per heavy atom. The van der Waals surface area contributed by atoms with Gasteiger partial charge in [-0.25, -0.2) is 0 Å². The van der Waals surface area contributed by atoms with Crippen LogP contribution in [-0.2, 0) is 6.54 Å². The molecule has 1 amide bonds. The maximum absolute atomic E-state index is 12.3. The molecule has 1 aromatic carbocycles. The van der Waals surface area contributed by atoms with Gasteiger partial charge in [-0.2, -0.15) is 5.10 Å². The number of hydrogen-bond acceptors (Lipinski definition) is 4. The molecule has 0 aliphatic rings. The zero-order valence-corrected chi connectivity index (χ0v) is 12.6. The summed E-state index contributed by atoms with van der Waals surface area (Å²) in [6.45, 7) is 4.68. The van der Waals surface area contributed by atoms with Gasteiger partial charge in [-0.15, -0.1) is 0 Å². The van der Waals surface area contributed by atoms with E-state index in [1.54, 1.807) is 31.5 Å². The highest BCUT2D eigenvalue weighted by molar-refractivity contribution is 6.04. The quantitative estimate of drug-likeness (QED) is 0.918. The van der Waals surface area contributed by atoms with E-state index in [0.717, 1.165) is 12.2 Å². The average Bonchev–Trinajstić information content (AvgIpc) is 2.86. The van der Waals surface area contributed by atoms with E-state index >= 15 is 0 Å². The largest absolute Gasteiger partial charge is 0.493 e. The van der Waals surface area contributed by atoms with E-state index in [9.17, 15) is 4.79 Å². The molecule has 1 aromatic heterocycles. The minimum Gasteiger partial charge on any atom is -0.493 e. The number of rotatable bonds is 5. The number of nitrogens with zero attached hydrogens (tertiary/aromatic N) is 2. The van der Waals surface area contributed by atoms with Gasteiger partial charge in [0, 0.05) is 12.1 Å². The van der Waals surface area contributed by atoms with Crippen LogP contribution in [0.15, 0.2) is 24.4 Å². The van der Waals surface area contributed by atoms with Crippen molar-refractivity contribution in [2.24, 2.45) is 0 Å². The lowest BCUT2D eigenvalue weighted by atomic mass is 10.2. The normalized spacial score (nSPS) is 10.3. The van der Waals surface area contributed by atoms with Crippen LogP contribution < -0.4 is 14.8 Å². The third kappa shape index (κ3) is 2.99. The highest BCUT2D eigenvalue weighted by Gasteiger charge is 2.13. The van der Waals surface area contributed by atoms with Crippen LogP contribution in [0.5, 0.6) is 11.5 Å². The lowest BCUT2D eigenvalue weighted by Crippen LogP contribution is -2.13. The molecule has 0 aliphatic carbocycles. The van der Waals surface area contributed by atoms with Crippen LogP contribution in [0.25, 0.3) is 0 Å². The first-order valence-corrected chi connectivity index (χ1v) is 6.66. The Morgan fingerprint density at radius 1 is 1.29 bits per heavy atom. The van der Waals surface area contributed by atoms with Crippen LogP contribution in [0.4, 0.5) is 5.69 Å². The Bertz CT molecular complexity index is 650. The number of hydrogen-bond donors (Lipinski definition) is 1. The molecule has 0 aliphatic heterocycles. The minimum absolute atomic E-state index is 0.213. The molecule has 1 N–H and O–H groups in total. The Labute approximate surface area is 123 Å². The molecule has 0 unspecified atom stereocenters. The number of anilines is 1. The molecule has 2 aromatic rings. The van der Waals surface area contributed by atoms with Gasteiger partial charge in [0.15, 0.2) is 11.5 Å². The fraction of sp³-hybridized carbons (Fsp3) is 0.333. The first-order valence-electron chi connectivity index (χ1n) is 6.66. The number of benzene rings is 1. The van der Waals surface area contributed by atoms with Gasteiger partial charge in [-0.05, 0) is 32.0 Å². The van der Waals surface area contributed by atoms with E-state index < -0.39 is 0 Å². The smallest absolute Gasteiger partial charge is 0.255 e. The molecule has 6 nitrogen and oxygen atoms in total. The van der Waals surface area contributed by atoms with E-state index in [2.05, 4.69) is 10.4 Å². The number of carbonyl (C=O) groups is 1. The van der Waals surface area contributed by atoms with Crippen LogP contribution in [0.1, 0.15) is 23.0 Å². The molecule has 0 saturated carbocycles. The first-order chi connectivity index (χ1) is 10.1. The molecule has 112 valence electrons. The Morgan fingerprint density at radius 3 is 2.57 bits per heavy atom. The van der Waals surface area contributed by atoms with E-state index in [-0.39, 0.29) is 5.91 Å². The van der Waals surface area contributed by atoms with Crippen LogP contribution in [-0.4, -0.2) is 29.9 Å². The minimum atomic E-state index is -0.213. The molecule has 0 radical (unpaired) electrons. The number of carbonyl (C=O) groups excluding carboxylic acids is 1. The maximum atomic E-state index is 12.3. The van der Waals surface area contributed by atoms with Gasteiger partial charge in [0.25, 0.3) is 5.91 Å². The van der Waals surface area contributed by atoms with Crippen molar-refractivity contribution in [3.63, 3.8) is 0 Å². The topological polar surface area (TPSA) is 65.4 Å². The van der Waals surface area contributed by atoms with Crippen molar-refractivity contribution >= 4 is 11.6 Å². The SMILES string of the molecule is CCn1ncc(NC(=O)c2ccc(OC)c(OC)c2)c1C. The monoisotopic (exact) mass is 289 g/mol. The molecule has 0 saturated heterocycles. The second-order valence-corrected chi connectivity index (χ2v) is 4.48. The predicted octanol–water partition coefficient (Wildman–Crippen LogP) is 2.48. The summed E-state index contributed by atoms with van der Waals surface area (Å²) in [5, 5.41) is 7.05. The molecule has 0 atom stereocenters. The molecular formula is C15H19N3O3. The molecule has 6 heteroatoms.